The van der Waals surface area contributed by atoms with E-state index in [0.717, 1.165) is 6.07 Å². The molecule has 0 bridgehead atoms. The van der Waals surface area contributed by atoms with Crippen LogP contribution in [0.2, 0.25) is 0 Å². The Kier molecular flexibility index (Phi) is 4.32. The number of rotatable bonds is 4. The molecule has 0 aliphatic heterocycles. The smallest absolute Gasteiger partial charge is 0.182 e. The maximum Gasteiger partial charge on any atom is 0.182 e. The fourth-order valence-electron chi connectivity index (χ4n) is 1.75. The van der Waals surface area contributed by atoms with Crippen LogP contribution in [0.1, 0.15) is 5.56 Å². The lowest BCUT2D eigenvalue weighted by Gasteiger charge is -2.13. The fourth-order valence-corrected chi connectivity index (χ4v) is 1.91. The average Bonchev–Trinajstić information content (AvgIpc) is 2.45. The van der Waals surface area contributed by atoms with E-state index in [9.17, 15) is 13.2 Å². The Hall–Kier alpha value is -2.28. The summed E-state index contributed by atoms with van der Waals surface area (Å²) in [6, 6.07) is 6.20. The van der Waals surface area contributed by atoms with Crippen LogP contribution < -0.4 is 15.8 Å². The van der Waals surface area contributed by atoms with Crippen molar-refractivity contribution in [1.82, 2.24) is 0 Å². The van der Waals surface area contributed by atoms with Gasteiger partial charge in [0.2, 0.25) is 0 Å². The monoisotopic (exact) mass is 312 g/mol. The Morgan fingerprint density at radius 1 is 1.10 bits per heavy atom. The molecule has 7 heteroatoms. The highest BCUT2D eigenvalue weighted by atomic mass is 32.1. The fraction of sp³-hybridized carbons (Fsp3) is 0.0714. The summed E-state index contributed by atoms with van der Waals surface area (Å²) < 4.78 is 45.8. The van der Waals surface area contributed by atoms with E-state index in [4.69, 9.17) is 10.5 Å². The number of anilines is 2. The number of nitrogens with one attached hydrogen (secondary N) is 1. The minimum absolute atomic E-state index is 0.141. The second-order valence-electron chi connectivity index (χ2n) is 4.12. The summed E-state index contributed by atoms with van der Waals surface area (Å²) in [5.41, 5.74) is 5.26. The number of halogens is 3. The summed E-state index contributed by atoms with van der Waals surface area (Å²) >= 11 is 4.63. The molecule has 0 amide bonds. The van der Waals surface area contributed by atoms with E-state index in [0.29, 0.717) is 5.69 Å². The van der Waals surface area contributed by atoms with E-state index in [2.05, 4.69) is 17.5 Å². The van der Waals surface area contributed by atoms with Gasteiger partial charge in [-0.1, -0.05) is 12.2 Å². The summed E-state index contributed by atoms with van der Waals surface area (Å²) in [4.78, 5) is -0.239. The Morgan fingerprint density at radius 2 is 1.76 bits per heavy atom. The molecule has 2 aromatic rings. The van der Waals surface area contributed by atoms with E-state index >= 15 is 0 Å². The lowest BCUT2D eigenvalue weighted by molar-refractivity contribution is 0.413. The van der Waals surface area contributed by atoms with Crippen LogP contribution in [-0.2, 0) is 0 Å². The summed E-state index contributed by atoms with van der Waals surface area (Å²) in [6.07, 6.45) is 0. The van der Waals surface area contributed by atoms with Gasteiger partial charge in [0.1, 0.15) is 16.6 Å². The highest BCUT2D eigenvalue weighted by Gasteiger charge is 2.16. The van der Waals surface area contributed by atoms with Crippen LogP contribution in [-0.4, -0.2) is 12.1 Å². The van der Waals surface area contributed by atoms with E-state index < -0.39 is 17.5 Å². The largest absolute Gasteiger partial charge is 0.494 e. The van der Waals surface area contributed by atoms with Crippen LogP contribution in [0.15, 0.2) is 30.3 Å². The predicted octanol–water partition coefficient (Wildman–Crippen LogP) is 3.49. The Balaban J connectivity index is 2.41. The molecule has 110 valence electrons. The zero-order valence-corrected chi connectivity index (χ0v) is 11.7. The first-order chi connectivity index (χ1) is 9.93. The van der Waals surface area contributed by atoms with Crippen molar-refractivity contribution in [3.63, 3.8) is 0 Å². The van der Waals surface area contributed by atoms with Gasteiger partial charge in [0, 0.05) is 11.6 Å². The molecule has 0 radical (unpaired) electrons. The molecule has 2 aromatic carbocycles. The zero-order valence-electron chi connectivity index (χ0n) is 10.9. The van der Waals surface area contributed by atoms with E-state index in [1.807, 2.05) is 0 Å². The molecule has 3 N–H and O–H groups in total. The van der Waals surface area contributed by atoms with Crippen molar-refractivity contribution in [3.05, 3.63) is 53.3 Å². The van der Waals surface area contributed by atoms with Crippen LogP contribution in [0.3, 0.4) is 0 Å². The van der Waals surface area contributed by atoms with Crippen molar-refractivity contribution in [2.75, 3.05) is 12.4 Å². The highest BCUT2D eigenvalue weighted by molar-refractivity contribution is 7.80. The Bertz CT molecular complexity index is 707. The first-order valence-electron chi connectivity index (χ1n) is 5.82. The third-order valence-electron chi connectivity index (χ3n) is 2.78. The molecule has 2 rings (SSSR count). The maximum atomic E-state index is 14.0. The first kappa shape index (κ1) is 15.1. The molecule has 0 spiro atoms. The molecule has 0 saturated heterocycles. The van der Waals surface area contributed by atoms with Gasteiger partial charge in [0.05, 0.1) is 18.5 Å². The van der Waals surface area contributed by atoms with Gasteiger partial charge < -0.3 is 15.8 Å². The Morgan fingerprint density at radius 3 is 2.38 bits per heavy atom. The van der Waals surface area contributed by atoms with Crippen molar-refractivity contribution in [2.24, 2.45) is 5.73 Å². The van der Waals surface area contributed by atoms with E-state index in [-0.39, 0.29) is 22.0 Å². The molecule has 0 saturated carbocycles. The van der Waals surface area contributed by atoms with Gasteiger partial charge in [-0.2, -0.15) is 0 Å². The van der Waals surface area contributed by atoms with Crippen LogP contribution >= 0.6 is 12.2 Å². The van der Waals surface area contributed by atoms with Gasteiger partial charge in [-0.05, 0) is 24.3 Å². The molecule has 21 heavy (non-hydrogen) atoms. The maximum absolute atomic E-state index is 14.0. The van der Waals surface area contributed by atoms with Crippen LogP contribution in [0.25, 0.3) is 0 Å². The second-order valence-corrected chi connectivity index (χ2v) is 4.56. The zero-order chi connectivity index (χ0) is 15.6. The SMILES string of the molecule is COc1cc(F)ccc1Nc1ccc(C(N)=S)c(F)c1F. The summed E-state index contributed by atoms with van der Waals surface area (Å²) in [5.74, 6) is -2.62. The van der Waals surface area contributed by atoms with Crippen molar-refractivity contribution in [3.8, 4) is 5.75 Å². The molecule has 0 aliphatic rings. The quantitative estimate of drug-likeness (QED) is 0.849. The minimum atomic E-state index is -1.14. The number of hydrogen-bond donors (Lipinski definition) is 2. The number of nitrogens with two attached hydrogens (primary N) is 1. The normalized spacial score (nSPS) is 10.3. The van der Waals surface area contributed by atoms with Crippen LogP contribution in [0.5, 0.6) is 5.75 Å². The molecule has 0 aliphatic carbocycles. The lowest BCUT2D eigenvalue weighted by Crippen LogP contribution is -2.13. The number of methoxy groups -OCH3 is 1. The molecule has 0 heterocycles. The molecule has 0 unspecified atom stereocenters. The highest BCUT2D eigenvalue weighted by Crippen LogP contribution is 2.30. The summed E-state index contributed by atoms with van der Waals surface area (Å²) in [6.45, 7) is 0. The molecule has 0 fully saturated rings. The van der Waals surface area contributed by atoms with Gasteiger partial charge in [-0.25, -0.2) is 13.2 Å². The van der Waals surface area contributed by atoms with Crippen molar-refractivity contribution < 1.29 is 17.9 Å². The van der Waals surface area contributed by atoms with Gasteiger partial charge in [-0.15, -0.1) is 0 Å². The molecule has 0 aromatic heterocycles. The molecule has 3 nitrogen and oxygen atoms in total. The van der Waals surface area contributed by atoms with Crippen molar-refractivity contribution in [1.29, 1.82) is 0 Å². The van der Waals surface area contributed by atoms with E-state index in [1.54, 1.807) is 0 Å². The summed E-state index contributed by atoms with van der Waals surface area (Å²) in [7, 11) is 1.34. The number of ether oxygens (including phenoxy) is 1. The van der Waals surface area contributed by atoms with Crippen LogP contribution in [0, 0.1) is 17.5 Å². The number of hydrogen-bond acceptors (Lipinski definition) is 3. The second kappa shape index (κ2) is 6.01. The van der Waals surface area contributed by atoms with Gasteiger partial charge >= 0.3 is 0 Å². The predicted molar refractivity (Wildman–Crippen MR) is 78.5 cm³/mol. The van der Waals surface area contributed by atoms with Crippen LogP contribution in [0.4, 0.5) is 24.5 Å². The van der Waals surface area contributed by atoms with Crippen molar-refractivity contribution in [2.45, 2.75) is 0 Å². The molecule has 0 atom stereocenters. The molecular weight excluding hydrogens is 301 g/mol. The van der Waals surface area contributed by atoms with E-state index in [1.165, 1.54) is 31.4 Å². The number of thiocarbonyl (C=S) groups is 1. The summed E-state index contributed by atoms with van der Waals surface area (Å²) in [5, 5.41) is 2.64. The third-order valence-corrected chi connectivity index (χ3v) is 3.00. The Labute approximate surface area is 124 Å². The van der Waals surface area contributed by atoms with Gasteiger partial charge in [0.15, 0.2) is 11.6 Å². The van der Waals surface area contributed by atoms with Gasteiger partial charge in [0.25, 0.3) is 0 Å². The lowest BCUT2D eigenvalue weighted by atomic mass is 10.1. The topological polar surface area (TPSA) is 47.3 Å². The average molecular weight is 312 g/mol. The first-order valence-corrected chi connectivity index (χ1v) is 6.23. The van der Waals surface area contributed by atoms with Gasteiger partial charge in [-0.3, -0.25) is 0 Å². The standard InChI is InChI=1S/C14H11F3N2OS/c1-20-11-6-7(15)2-4-9(11)19-10-5-3-8(14(18)21)12(16)13(10)17/h2-6,19H,1H3,(H2,18,21). The van der Waals surface area contributed by atoms with Crippen molar-refractivity contribution >= 4 is 28.6 Å². The number of benzene rings is 2. The minimum Gasteiger partial charge on any atom is -0.494 e. The molecular formula is C14H11F3N2OS. The third kappa shape index (κ3) is 3.08.